The number of halogens is 1. The number of ketones is 1. The second-order valence-corrected chi connectivity index (χ2v) is 8.99. The van der Waals surface area contributed by atoms with Gasteiger partial charge in [-0.15, -0.1) is 0 Å². The van der Waals surface area contributed by atoms with Crippen molar-refractivity contribution >= 4 is 17.4 Å². The Morgan fingerprint density at radius 1 is 1.00 bits per heavy atom. The molecule has 1 amide bonds. The van der Waals surface area contributed by atoms with E-state index in [9.17, 15) is 19.1 Å². The lowest BCUT2D eigenvalue weighted by Crippen LogP contribution is -2.32. The van der Waals surface area contributed by atoms with Gasteiger partial charge in [-0.05, 0) is 75.1 Å². The van der Waals surface area contributed by atoms with Crippen LogP contribution < -0.4 is 9.47 Å². The normalized spacial score (nSPS) is 16.9. The molecule has 8 heteroatoms. The number of benzene rings is 3. The Morgan fingerprint density at radius 3 is 2.41 bits per heavy atom. The van der Waals surface area contributed by atoms with E-state index >= 15 is 0 Å². The Morgan fingerprint density at radius 2 is 1.73 bits per heavy atom. The van der Waals surface area contributed by atoms with Crippen molar-refractivity contribution in [2.24, 2.45) is 0 Å². The van der Waals surface area contributed by atoms with Crippen molar-refractivity contribution in [2.45, 2.75) is 12.5 Å². The molecule has 4 rings (SSSR count). The highest BCUT2D eigenvalue weighted by Crippen LogP contribution is 2.41. The summed E-state index contributed by atoms with van der Waals surface area (Å²) in [5.41, 5.74) is 0.565. The summed E-state index contributed by atoms with van der Waals surface area (Å²) in [6.07, 6.45) is 0.619. The van der Waals surface area contributed by atoms with Gasteiger partial charge in [-0.2, -0.15) is 0 Å². The molecule has 3 aromatic carbocycles. The van der Waals surface area contributed by atoms with Crippen LogP contribution in [0.3, 0.4) is 0 Å². The summed E-state index contributed by atoms with van der Waals surface area (Å²) in [6.45, 7) is 1.00. The van der Waals surface area contributed by atoms with Crippen LogP contribution in [0.2, 0.25) is 0 Å². The smallest absolute Gasteiger partial charge is 0.295 e. The topological polar surface area (TPSA) is 79.3 Å². The first-order valence-electron chi connectivity index (χ1n) is 11.9. The molecule has 0 aromatic heterocycles. The summed E-state index contributed by atoms with van der Waals surface area (Å²) < 4.78 is 25.3. The molecule has 0 saturated carbocycles. The fourth-order valence-corrected chi connectivity index (χ4v) is 4.36. The summed E-state index contributed by atoms with van der Waals surface area (Å²) in [4.78, 5) is 29.8. The van der Waals surface area contributed by atoms with Gasteiger partial charge in [-0.1, -0.05) is 30.3 Å². The number of nitrogens with zero attached hydrogens (tertiary/aromatic N) is 2. The Labute approximate surface area is 215 Å². The maximum absolute atomic E-state index is 14.4. The van der Waals surface area contributed by atoms with Crippen LogP contribution in [0.1, 0.15) is 23.6 Å². The Balaban J connectivity index is 1.79. The van der Waals surface area contributed by atoms with Gasteiger partial charge in [0.05, 0.1) is 18.7 Å². The van der Waals surface area contributed by atoms with E-state index in [1.54, 1.807) is 24.3 Å². The highest BCUT2D eigenvalue weighted by Gasteiger charge is 2.46. The molecule has 1 fully saturated rings. The van der Waals surface area contributed by atoms with Crippen LogP contribution in [0.4, 0.5) is 4.39 Å². The van der Waals surface area contributed by atoms with Crippen molar-refractivity contribution in [3.63, 3.8) is 0 Å². The first kappa shape index (κ1) is 25.9. The summed E-state index contributed by atoms with van der Waals surface area (Å²) in [5, 5.41) is 11.2. The minimum absolute atomic E-state index is 0.00278. The number of Topliss-reactive ketones (excluding diaryl/α,β-unsaturated/α-hetero) is 1. The van der Waals surface area contributed by atoms with E-state index in [2.05, 4.69) is 0 Å². The lowest BCUT2D eigenvalue weighted by molar-refractivity contribution is -0.139. The van der Waals surface area contributed by atoms with Crippen LogP contribution in [0.25, 0.3) is 5.76 Å². The second-order valence-electron chi connectivity index (χ2n) is 8.99. The standard InChI is InChI=1S/C29H29FN2O5/c1-31(2)15-8-16-32-26(19-9-7-12-22(17-19)37-21-10-5-4-6-11-21)25(28(34)29(32)35)27(33)20-13-14-24(36-3)23(30)18-20/h4-7,9-14,17-18,26,33H,8,15-16H2,1-3H3/b27-25+. The number of para-hydroxylation sites is 1. The predicted octanol–water partition coefficient (Wildman–Crippen LogP) is 5.00. The minimum Gasteiger partial charge on any atom is -0.507 e. The van der Waals surface area contributed by atoms with Crippen molar-refractivity contribution < 1.29 is 28.6 Å². The Bertz CT molecular complexity index is 1320. The number of hydrogen-bond donors (Lipinski definition) is 1. The molecule has 0 aliphatic carbocycles. The third-order valence-corrected chi connectivity index (χ3v) is 6.12. The van der Waals surface area contributed by atoms with Gasteiger partial charge in [0, 0.05) is 12.1 Å². The predicted molar refractivity (Wildman–Crippen MR) is 138 cm³/mol. The molecule has 1 aliphatic heterocycles. The van der Waals surface area contributed by atoms with Gasteiger partial charge < -0.3 is 24.4 Å². The van der Waals surface area contributed by atoms with E-state index in [0.29, 0.717) is 36.6 Å². The quantitative estimate of drug-likeness (QED) is 0.251. The van der Waals surface area contributed by atoms with Crippen LogP contribution in [-0.2, 0) is 9.59 Å². The number of aliphatic hydroxyl groups excluding tert-OH is 1. The zero-order chi connectivity index (χ0) is 26.5. The van der Waals surface area contributed by atoms with Crippen LogP contribution in [0, 0.1) is 5.82 Å². The summed E-state index contributed by atoms with van der Waals surface area (Å²) in [5.74, 6) is -1.53. The third kappa shape index (κ3) is 5.65. The second kappa shape index (κ2) is 11.3. The number of methoxy groups -OCH3 is 1. The number of ether oxygens (including phenoxy) is 2. The summed E-state index contributed by atoms with van der Waals surface area (Å²) in [6, 6.07) is 19.3. The number of aliphatic hydroxyl groups is 1. The first-order valence-corrected chi connectivity index (χ1v) is 11.9. The van der Waals surface area contributed by atoms with Gasteiger partial charge in [0.2, 0.25) is 0 Å². The molecule has 1 N–H and O–H groups in total. The maximum atomic E-state index is 14.4. The molecule has 37 heavy (non-hydrogen) atoms. The molecule has 1 saturated heterocycles. The van der Waals surface area contributed by atoms with E-state index in [0.717, 1.165) is 6.07 Å². The van der Waals surface area contributed by atoms with E-state index < -0.39 is 29.3 Å². The van der Waals surface area contributed by atoms with E-state index in [-0.39, 0.29) is 16.9 Å². The molecular formula is C29H29FN2O5. The zero-order valence-electron chi connectivity index (χ0n) is 21.0. The third-order valence-electron chi connectivity index (χ3n) is 6.12. The van der Waals surface area contributed by atoms with Crippen molar-refractivity contribution in [1.29, 1.82) is 0 Å². The number of likely N-dealkylation sites (tertiary alicyclic amines) is 1. The molecule has 0 spiro atoms. The van der Waals surface area contributed by atoms with Crippen molar-refractivity contribution in [3.8, 4) is 17.2 Å². The first-order chi connectivity index (χ1) is 17.8. The molecule has 7 nitrogen and oxygen atoms in total. The number of rotatable bonds is 9. The van der Waals surface area contributed by atoms with Gasteiger partial charge in [0.15, 0.2) is 11.6 Å². The van der Waals surface area contributed by atoms with Crippen LogP contribution in [0.15, 0.2) is 78.4 Å². The van der Waals surface area contributed by atoms with Crippen LogP contribution in [0.5, 0.6) is 17.2 Å². The molecule has 1 aliphatic rings. The number of carbonyl (C=O) groups is 2. The fourth-order valence-electron chi connectivity index (χ4n) is 4.36. The average molecular weight is 505 g/mol. The van der Waals surface area contributed by atoms with Gasteiger partial charge in [-0.3, -0.25) is 9.59 Å². The lowest BCUT2D eigenvalue weighted by atomic mass is 9.95. The Hall–Kier alpha value is -4.17. The van der Waals surface area contributed by atoms with E-state index in [1.165, 1.54) is 24.1 Å². The Kier molecular flexibility index (Phi) is 7.89. The summed E-state index contributed by atoms with van der Waals surface area (Å²) in [7, 11) is 5.18. The maximum Gasteiger partial charge on any atom is 0.295 e. The molecule has 1 unspecified atom stereocenters. The largest absolute Gasteiger partial charge is 0.507 e. The lowest BCUT2D eigenvalue weighted by Gasteiger charge is -2.26. The molecule has 192 valence electrons. The summed E-state index contributed by atoms with van der Waals surface area (Å²) >= 11 is 0. The van der Waals surface area contributed by atoms with Gasteiger partial charge >= 0.3 is 0 Å². The number of hydrogen-bond acceptors (Lipinski definition) is 6. The SMILES string of the molecule is COc1ccc(/C(O)=C2\C(=O)C(=O)N(CCCN(C)C)C2c2cccc(Oc3ccccc3)c2)cc1F. The fraction of sp³-hybridized carbons (Fsp3) is 0.241. The molecule has 0 bridgehead atoms. The molecule has 1 atom stereocenters. The van der Waals surface area contributed by atoms with E-state index in [1.807, 2.05) is 49.3 Å². The van der Waals surface area contributed by atoms with Gasteiger partial charge in [-0.25, -0.2) is 4.39 Å². The van der Waals surface area contributed by atoms with E-state index in [4.69, 9.17) is 9.47 Å². The highest BCUT2D eigenvalue weighted by molar-refractivity contribution is 6.46. The molecular weight excluding hydrogens is 475 g/mol. The monoisotopic (exact) mass is 504 g/mol. The van der Waals surface area contributed by atoms with Gasteiger partial charge in [0.25, 0.3) is 11.7 Å². The number of carbonyl (C=O) groups excluding carboxylic acids is 2. The van der Waals surface area contributed by atoms with Crippen molar-refractivity contribution in [3.05, 3.63) is 95.3 Å². The molecule has 3 aromatic rings. The molecule has 0 radical (unpaired) electrons. The van der Waals surface area contributed by atoms with Crippen LogP contribution in [-0.4, -0.2) is 60.9 Å². The minimum atomic E-state index is -0.869. The number of amides is 1. The average Bonchev–Trinajstić information content (AvgIpc) is 3.14. The van der Waals surface area contributed by atoms with Gasteiger partial charge in [0.1, 0.15) is 17.3 Å². The molecule has 1 heterocycles. The zero-order valence-corrected chi connectivity index (χ0v) is 21.0. The highest BCUT2D eigenvalue weighted by atomic mass is 19.1. The van der Waals surface area contributed by atoms with Crippen molar-refractivity contribution in [1.82, 2.24) is 9.80 Å². The van der Waals surface area contributed by atoms with Crippen LogP contribution >= 0.6 is 0 Å². The van der Waals surface area contributed by atoms with Crippen molar-refractivity contribution in [2.75, 3.05) is 34.3 Å².